The second-order valence-electron chi connectivity index (χ2n) is 2.28. The topological polar surface area (TPSA) is 49.8 Å². The van der Waals surface area contributed by atoms with Crippen molar-refractivity contribution in [2.75, 3.05) is 0 Å². The molecule has 0 atom stereocenters. The summed E-state index contributed by atoms with van der Waals surface area (Å²) in [5, 5.41) is 8.48. The summed E-state index contributed by atoms with van der Waals surface area (Å²) in [6.45, 7) is 0. The Morgan fingerprint density at radius 2 is 2.33 bits per heavy atom. The van der Waals surface area contributed by atoms with Crippen molar-refractivity contribution in [2.24, 2.45) is 0 Å². The third-order valence-corrected chi connectivity index (χ3v) is 1.75. The van der Waals surface area contributed by atoms with Crippen LogP contribution in [0.4, 0.5) is 0 Å². The molecule has 0 saturated heterocycles. The molecule has 0 unspecified atom stereocenters. The van der Waals surface area contributed by atoms with Crippen LogP contribution in [0, 0.1) is 11.3 Å². The van der Waals surface area contributed by atoms with E-state index in [1.165, 1.54) is 0 Å². The molecule has 0 saturated carbocycles. The highest BCUT2D eigenvalue weighted by atomic mass is 32.1. The fourth-order valence-corrected chi connectivity index (χ4v) is 1.15. The molecule has 58 valence electrons. The first-order valence-corrected chi connectivity index (χ1v) is 3.74. The normalized spacial score (nSPS) is 10.0. The second kappa shape index (κ2) is 2.54. The molecule has 0 fully saturated rings. The van der Waals surface area contributed by atoms with Crippen LogP contribution in [-0.2, 0) is 0 Å². The number of hydrogen-bond acceptors (Lipinski definition) is 4. The smallest absolute Gasteiger partial charge is 0.301 e. The second-order valence-corrected chi connectivity index (χ2v) is 2.80. The van der Waals surface area contributed by atoms with Gasteiger partial charge >= 0.3 is 5.89 Å². The molecular formula is C8H4N2OS. The summed E-state index contributed by atoms with van der Waals surface area (Å²) < 4.78 is 5.08. The van der Waals surface area contributed by atoms with Gasteiger partial charge in [0, 0.05) is 4.90 Å². The van der Waals surface area contributed by atoms with Crippen molar-refractivity contribution in [3.63, 3.8) is 0 Å². The lowest BCUT2D eigenvalue weighted by atomic mass is 10.3. The largest absolute Gasteiger partial charge is 0.428 e. The number of rotatable bonds is 0. The number of fused-ring (bicyclic) bond motifs is 1. The van der Waals surface area contributed by atoms with Crippen molar-refractivity contribution in [1.29, 1.82) is 5.26 Å². The summed E-state index contributed by atoms with van der Waals surface area (Å²) in [4.78, 5) is 4.71. The van der Waals surface area contributed by atoms with Crippen LogP contribution in [0.3, 0.4) is 0 Å². The minimum Gasteiger partial charge on any atom is -0.428 e. The summed E-state index contributed by atoms with van der Waals surface area (Å²) in [7, 11) is 0. The highest BCUT2D eigenvalue weighted by molar-refractivity contribution is 7.80. The fraction of sp³-hybridized carbons (Fsp3) is 0. The lowest BCUT2D eigenvalue weighted by Gasteiger charge is -1.86. The molecule has 1 aromatic heterocycles. The molecule has 0 N–H and O–H groups in total. The molecule has 2 rings (SSSR count). The molecule has 2 aromatic rings. The Bertz CT molecular complexity index is 469. The number of benzene rings is 1. The van der Waals surface area contributed by atoms with Crippen molar-refractivity contribution in [1.82, 2.24) is 4.98 Å². The molecule has 1 aromatic carbocycles. The highest BCUT2D eigenvalue weighted by Gasteiger charge is 2.03. The zero-order chi connectivity index (χ0) is 8.55. The zero-order valence-electron chi connectivity index (χ0n) is 5.98. The van der Waals surface area contributed by atoms with E-state index in [2.05, 4.69) is 17.6 Å². The van der Waals surface area contributed by atoms with E-state index < -0.39 is 0 Å². The Balaban J connectivity index is 2.77. The Labute approximate surface area is 74.0 Å². The number of nitrogens with zero attached hydrogens (tertiary/aromatic N) is 2. The van der Waals surface area contributed by atoms with Crippen LogP contribution in [0.5, 0.6) is 0 Å². The van der Waals surface area contributed by atoms with Gasteiger partial charge in [-0.25, -0.2) is 0 Å². The van der Waals surface area contributed by atoms with Crippen molar-refractivity contribution >= 4 is 23.7 Å². The van der Waals surface area contributed by atoms with Crippen LogP contribution in [0.15, 0.2) is 27.5 Å². The molecule has 0 spiro atoms. The summed E-state index contributed by atoms with van der Waals surface area (Å²) in [6, 6.07) is 7.13. The molecule has 0 aliphatic carbocycles. The molecule has 0 aliphatic rings. The summed E-state index contributed by atoms with van der Waals surface area (Å²) in [5.41, 5.74) is 1.28. The maximum absolute atomic E-state index is 8.48. The van der Waals surface area contributed by atoms with Gasteiger partial charge in [0.25, 0.3) is 0 Å². The maximum atomic E-state index is 8.48. The summed E-state index contributed by atoms with van der Waals surface area (Å²) >= 11 is 4.13. The van der Waals surface area contributed by atoms with Crippen molar-refractivity contribution in [2.45, 2.75) is 4.90 Å². The van der Waals surface area contributed by atoms with Gasteiger partial charge in [-0.3, -0.25) is 0 Å². The number of nitriles is 1. The Morgan fingerprint density at radius 3 is 3.08 bits per heavy atom. The maximum Gasteiger partial charge on any atom is 0.301 e. The third-order valence-electron chi connectivity index (χ3n) is 1.47. The minimum absolute atomic E-state index is 0.0870. The van der Waals surface area contributed by atoms with Gasteiger partial charge in [-0.1, -0.05) is 0 Å². The van der Waals surface area contributed by atoms with Crippen molar-refractivity contribution in [3.05, 3.63) is 24.1 Å². The average molecular weight is 176 g/mol. The Kier molecular flexibility index (Phi) is 1.52. The van der Waals surface area contributed by atoms with E-state index in [-0.39, 0.29) is 5.89 Å². The minimum atomic E-state index is 0.0870. The average Bonchev–Trinajstić information content (AvgIpc) is 2.46. The molecular weight excluding hydrogens is 172 g/mol. The molecule has 0 bridgehead atoms. The number of thiol groups is 1. The molecule has 1 heterocycles. The van der Waals surface area contributed by atoms with Gasteiger partial charge in [-0.2, -0.15) is 10.2 Å². The van der Waals surface area contributed by atoms with Gasteiger partial charge in [0.15, 0.2) is 11.7 Å². The van der Waals surface area contributed by atoms with E-state index in [1.807, 2.05) is 6.07 Å². The predicted octanol–water partition coefficient (Wildman–Crippen LogP) is 1.99. The van der Waals surface area contributed by atoms with Crippen LogP contribution >= 0.6 is 12.6 Å². The first kappa shape index (κ1) is 7.19. The first-order valence-electron chi connectivity index (χ1n) is 3.29. The van der Waals surface area contributed by atoms with Crippen molar-refractivity contribution in [3.8, 4) is 6.07 Å². The van der Waals surface area contributed by atoms with E-state index in [9.17, 15) is 0 Å². The van der Waals surface area contributed by atoms with Crippen LogP contribution < -0.4 is 0 Å². The van der Waals surface area contributed by atoms with Crippen LogP contribution in [0.25, 0.3) is 11.1 Å². The van der Waals surface area contributed by atoms with E-state index in [1.54, 1.807) is 18.2 Å². The molecule has 3 nitrogen and oxygen atoms in total. The van der Waals surface area contributed by atoms with E-state index in [0.29, 0.717) is 11.1 Å². The van der Waals surface area contributed by atoms with E-state index in [4.69, 9.17) is 9.68 Å². The van der Waals surface area contributed by atoms with Gasteiger partial charge in [0.05, 0.1) is 0 Å². The highest BCUT2D eigenvalue weighted by Crippen LogP contribution is 2.18. The third kappa shape index (κ3) is 1.04. The SMILES string of the molecule is N#Cc1nc2ccc(S)cc2o1. The van der Waals surface area contributed by atoms with Gasteiger partial charge in [0.1, 0.15) is 5.52 Å². The van der Waals surface area contributed by atoms with E-state index >= 15 is 0 Å². The number of hydrogen-bond donors (Lipinski definition) is 1. The monoisotopic (exact) mass is 176 g/mol. The predicted molar refractivity (Wildman–Crippen MR) is 46.0 cm³/mol. The molecule has 4 heteroatoms. The van der Waals surface area contributed by atoms with Crippen molar-refractivity contribution < 1.29 is 4.42 Å². The number of oxazole rings is 1. The van der Waals surface area contributed by atoms with Crippen LogP contribution in [-0.4, -0.2) is 4.98 Å². The Morgan fingerprint density at radius 1 is 1.50 bits per heavy atom. The number of aromatic nitrogens is 1. The van der Waals surface area contributed by atoms with Crippen LogP contribution in [0.2, 0.25) is 0 Å². The van der Waals surface area contributed by atoms with Gasteiger partial charge in [-0.15, -0.1) is 12.6 Å². The van der Waals surface area contributed by atoms with Gasteiger partial charge < -0.3 is 4.42 Å². The Hall–Kier alpha value is -1.47. The lowest BCUT2D eigenvalue weighted by molar-refractivity contribution is 0.583. The first-order chi connectivity index (χ1) is 5.79. The standard InChI is InChI=1S/C8H4N2OS/c9-4-8-10-6-2-1-5(12)3-7(6)11-8/h1-3,12H. The summed E-state index contributed by atoms with van der Waals surface area (Å²) in [6.07, 6.45) is 0. The lowest BCUT2D eigenvalue weighted by Crippen LogP contribution is -1.69. The van der Waals surface area contributed by atoms with Gasteiger partial charge in [-0.05, 0) is 18.2 Å². The molecule has 0 radical (unpaired) electrons. The van der Waals surface area contributed by atoms with E-state index in [0.717, 1.165) is 4.90 Å². The fourth-order valence-electron chi connectivity index (χ4n) is 0.961. The zero-order valence-corrected chi connectivity index (χ0v) is 6.88. The molecule has 0 amide bonds. The summed E-state index contributed by atoms with van der Waals surface area (Å²) in [5.74, 6) is 0.0870. The molecule has 12 heavy (non-hydrogen) atoms. The van der Waals surface area contributed by atoms with Crippen LogP contribution in [0.1, 0.15) is 5.89 Å². The molecule has 0 aliphatic heterocycles. The quantitative estimate of drug-likeness (QED) is 0.624. The van der Waals surface area contributed by atoms with Gasteiger partial charge in [0.2, 0.25) is 0 Å².